The van der Waals surface area contributed by atoms with E-state index in [9.17, 15) is 14.0 Å². The van der Waals surface area contributed by atoms with E-state index in [2.05, 4.69) is 10.3 Å². The highest BCUT2D eigenvalue weighted by Gasteiger charge is 2.23. The monoisotopic (exact) mass is 239 g/mol. The summed E-state index contributed by atoms with van der Waals surface area (Å²) in [4.78, 5) is 25.8. The number of carboxylic acids is 1. The molecule has 6 heteroatoms. The van der Waals surface area contributed by atoms with Crippen LogP contribution in [0.25, 0.3) is 0 Å². The minimum absolute atomic E-state index is 0.123. The molecule has 0 radical (unpaired) electrons. The third kappa shape index (κ3) is 3.51. The molecule has 0 unspecified atom stereocenters. The average Bonchev–Trinajstić information content (AvgIpc) is 2.25. The van der Waals surface area contributed by atoms with E-state index in [1.807, 2.05) is 0 Å². The van der Waals surface area contributed by atoms with E-state index < -0.39 is 23.9 Å². The molecule has 0 aliphatic rings. The smallest absolute Gasteiger partial charge is 0.326 e. The SMILES string of the molecule is CC(C)[C@H](NC(=O)c1ccc([18F])nc1)C(=O)O. The lowest BCUT2D eigenvalue weighted by molar-refractivity contribution is -0.140. The van der Waals surface area contributed by atoms with Gasteiger partial charge in [0.25, 0.3) is 5.91 Å². The van der Waals surface area contributed by atoms with Gasteiger partial charge >= 0.3 is 5.97 Å². The molecule has 0 saturated heterocycles. The molecule has 2 N–H and O–H groups in total. The van der Waals surface area contributed by atoms with Crippen LogP contribution in [0.3, 0.4) is 0 Å². The van der Waals surface area contributed by atoms with Gasteiger partial charge < -0.3 is 10.4 Å². The van der Waals surface area contributed by atoms with E-state index >= 15 is 0 Å². The second kappa shape index (κ2) is 5.38. The molecule has 1 aromatic rings. The summed E-state index contributed by atoms with van der Waals surface area (Å²) in [5.74, 6) is -2.63. The third-order valence-electron chi connectivity index (χ3n) is 2.21. The number of halogens is 1. The van der Waals surface area contributed by atoms with Gasteiger partial charge in [-0.3, -0.25) is 4.79 Å². The Morgan fingerprint density at radius 2 is 2.06 bits per heavy atom. The number of aliphatic carboxylic acids is 1. The topological polar surface area (TPSA) is 79.3 Å². The van der Waals surface area contributed by atoms with E-state index in [4.69, 9.17) is 5.11 Å². The van der Waals surface area contributed by atoms with Crippen LogP contribution in [0.15, 0.2) is 18.3 Å². The van der Waals surface area contributed by atoms with E-state index in [0.717, 1.165) is 12.3 Å². The van der Waals surface area contributed by atoms with Crippen LogP contribution in [-0.4, -0.2) is 28.0 Å². The van der Waals surface area contributed by atoms with Gasteiger partial charge in [-0.1, -0.05) is 13.8 Å². The van der Waals surface area contributed by atoms with Crippen molar-refractivity contribution in [3.8, 4) is 0 Å². The molecule has 0 bridgehead atoms. The Kier molecular flexibility index (Phi) is 4.14. The molecule has 1 heterocycles. The number of amides is 1. The number of hydrogen-bond acceptors (Lipinski definition) is 3. The van der Waals surface area contributed by atoms with Crippen LogP contribution < -0.4 is 5.32 Å². The number of carbonyl (C=O) groups is 2. The van der Waals surface area contributed by atoms with Crippen molar-refractivity contribution in [1.82, 2.24) is 10.3 Å². The van der Waals surface area contributed by atoms with E-state index in [1.165, 1.54) is 6.07 Å². The number of rotatable bonds is 4. The summed E-state index contributed by atoms with van der Waals surface area (Å²) in [6.45, 7) is 3.37. The van der Waals surface area contributed by atoms with Crippen LogP contribution in [0, 0.1) is 11.9 Å². The second-order valence-electron chi connectivity index (χ2n) is 3.90. The Hall–Kier alpha value is -1.98. The third-order valence-corrected chi connectivity index (χ3v) is 2.21. The standard InChI is InChI=1S/C11H13FN2O3/c1-6(2)9(11(16)17)14-10(15)7-3-4-8(12)13-5-7/h3-6,9H,1-2H3,(H,14,15)(H,16,17)/t9-/m0/s1/i12-1. The minimum atomic E-state index is -1.11. The van der Waals surface area contributed by atoms with Crippen molar-refractivity contribution in [3.63, 3.8) is 0 Å². The zero-order valence-corrected chi connectivity index (χ0v) is 9.48. The highest BCUT2D eigenvalue weighted by molar-refractivity contribution is 5.96. The summed E-state index contributed by atoms with van der Waals surface area (Å²) < 4.78 is 12.5. The summed E-state index contributed by atoms with van der Waals surface area (Å²) in [5, 5.41) is 11.2. The number of pyridine rings is 1. The molecule has 5 nitrogen and oxygen atoms in total. The number of nitrogens with zero attached hydrogens (tertiary/aromatic N) is 1. The summed E-state index contributed by atoms with van der Waals surface area (Å²) in [6.07, 6.45) is 1.06. The molecule has 92 valence electrons. The lowest BCUT2D eigenvalue weighted by Crippen LogP contribution is -2.44. The van der Waals surface area contributed by atoms with E-state index in [-0.39, 0.29) is 11.5 Å². The predicted octanol–water partition coefficient (Wildman–Crippen LogP) is 1.06. The van der Waals surface area contributed by atoms with Crippen LogP contribution in [0.1, 0.15) is 24.2 Å². The Morgan fingerprint density at radius 3 is 2.47 bits per heavy atom. The van der Waals surface area contributed by atoms with Crippen molar-refractivity contribution in [2.75, 3.05) is 0 Å². The fourth-order valence-electron chi connectivity index (χ4n) is 1.25. The molecule has 0 aliphatic heterocycles. The van der Waals surface area contributed by atoms with Crippen LogP contribution in [0.5, 0.6) is 0 Å². The average molecular weight is 239 g/mol. The van der Waals surface area contributed by atoms with Crippen molar-refractivity contribution in [2.24, 2.45) is 5.92 Å². The fourth-order valence-corrected chi connectivity index (χ4v) is 1.25. The van der Waals surface area contributed by atoms with Gasteiger partial charge in [0, 0.05) is 6.20 Å². The van der Waals surface area contributed by atoms with Crippen molar-refractivity contribution >= 4 is 11.9 Å². The fraction of sp³-hybridized carbons (Fsp3) is 0.364. The zero-order chi connectivity index (χ0) is 13.0. The Labute approximate surface area is 97.7 Å². The molecular weight excluding hydrogens is 226 g/mol. The molecule has 1 rings (SSSR count). The van der Waals surface area contributed by atoms with Crippen LogP contribution in [-0.2, 0) is 4.79 Å². The molecule has 0 saturated carbocycles. The van der Waals surface area contributed by atoms with Gasteiger partial charge in [-0.2, -0.15) is 4.39 Å². The maximum Gasteiger partial charge on any atom is 0.326 e. The molecule has 0 fully saturated rings. The maximum atomic E-state index is 12.5. The largest absolute Gasteiger partial charge is 0.480 e. The van der Waals surface area contributed by atoms with E-state index in [0.29, 0.717) is 0 Å². The quantitative estimate of drug-likeness (QED) is 0.770. The minimum Gasteiger partial charge on any atom is -0.480 e. The van der Waals surface area contributed by atoms with Crippen molar-refractivity contribution in [1.29, 1.82) is 0 Å². The van der Waals surface area contributed by atoms with Gasteiger partial charge in [-0.15, -0.1) is 0 Å². The first-order valence-electron chi connectivity index (χ1n) is 5.07. The summed E-state index contributed by atoms with van der Waals surface area (Å²) >= 11 is 0. The summed E-state index contributed by atoms with van der Waals surface area (Å²) in [6, 6.07) is 1.31. The first-order valence-corrected chi connectivity index (χ1v) is 5.07. The number of carboxylic acid groups (broad SMARTS) is 1. The lowest BCUT2D eigenvalue weighted by Gasteiger charge is -2.17. The van der Waals surface area contributed by atoms with Crippen LogP contribution >= 0.6 is 0 Å². The zero-order valence-electron chi connectivity index (χ0n) is 9.48. The predicted molar refractivity (Wildman–Crippen MR) is 57.9 cm³/mol. The molecule has 0 aliphatic carbocycles. The summed E-state index contributed by atoms with van der Waals surface area (Å²) in [7, 11) is 0. The van der Waals surface area contributed by atoms with Crippen molar-refractivity contribution < 1.29 is 19.1 Å². The summed E-state index contributed by atoms with van der Waals surface area (Å²) in [5.41, 5.74) is 0.123. The van der Waals surface area contributed by atoms with Gasteiger partial charge in [0.2, 0.25) is 5.95 Å². The van der Waals surface area contributed by atoms with Gasteiger partial charge in [-0.05, 0) is 18.1 Å². The Balaban J connectivity index is 2.77. The van der Waals surface area contributed by atoms with Crippen LogP contribution in [0.2, 0.25) is 0 Å². The van der Waals surface area contributed by atoms with Gasteiger partial charge in [0.1, 0.15) is 6.04 Å². The van der Waals surface area contributed by atoms with Crippen molar-refractivity contribution in [3.05, 3.63) is 29.8 Å². The molecule has 1 atom stereocenters. The van der Waals surface area contributed by atoms with Gasteiger partial charge in [0.15, 0.2) is 0 Å². The molecule has 1 amide bonds. The molecule has 0 spiro atoms. The highest BCUT2D eigenvalue weighted by Crippen LogP contribution is 2.05. The lowest BCUT2D eigenvalue weighted by atomic mass is 10.0. The molecule has 0 aromatic carbocycles. The molecular formula is C11H13FN2O3. The Bertz CT molecular complexity index is 417. The number of nitrogens with one attached hydrogen (secondary N) is 1. The van der Waals surface area contributed by atoms with Gasteiger partial charge in [-0.25, -0.2) is 9.78 Å². The van der Waals surface area contributed by atoms with Crippen molar-refractivity contribution in [2.45, 2.75) is 19.9 Å². The first kappa shape index (κ1) is 13.1. The van der Waals surface area contributed by atoms with Crippen LogP contribution in [0.4, 0.5) is 4.39 Å². The normalized spacial score (nSPS) is 12.2. The molecule has 17 heavy (non-hydrogen) atoms. The number of hydrogen-bond donors (Lipinski definition) is 2. The van der Waals surface area contributed by atoms with Gasteiger partial charge in [0.05, 0.1) is 5.56 Å². The number of aromatic nitrogens is 1. The second-order valence-corrected chi connectivity index (χ2v) is 3.90. The highest BCUT2D eigenvalue weighted by atomic mass is 18.2. The molecule has 1 aromatic heterocycles. The number of carbonyl (C=O) groups excluding carboxylic acids is 1. The van der Waals surface area contributed by atoms with E-state index in [1.54, 1.807) is 13.8 Å². The maximum absolute atomic E-state index is 12.5. The first-order chi connectivity index (χ1) is 7.91. The Morgan fingerprint density at radius 1 is 1.41 bits per heavy atom.